The second-order valence-electron chi connectivity index (χ2n) is 9.05. The number of pyridine rings is 1. The van der Waals surface area contributed by atoms with Crippen molar-refractivity contribution in [2.45, 2.75) is 38.7 Å². The number of hydrogen-bond donors (Lipinski definition) is 0. The first-order valence-electron chi connectivity index (χ1n) is 11.9. The van der Waals surface area contributed by atoms with Gasteiger partial charge in [-0.2, -0.15) is 0 Å². The number of aromatic nitrogens is 3. The highest BCUT2D eigenvalue weighted by Crippen LogP contribution is 2.34. The van der Waals surface area contributed by atoms with Crippen molar-refractivity contribution >= 4 is 28.8 Å². The lowest BCUT2D eigenvalue weighted by Crippen LogP contribution is -2.32. The molecule has 2 aromatic carbocycles. The Morgan fingerprint density at radius 2 is 1.63 bits per heavy atom. The summed E-state index contributed by atoms with van der Waals surface area (Å²) < 4.78 is 19.0. The molecule has 3 atom stereocenters. The third kappa shape index (κ3) is 5.09. The second kappa shape index (κ2) is 10.4. The van der Waals surface area contributed by atoms with Crippen molar-refractivity contribution in [3.8, 4) is 0 Å². The molecule has 0 radical (unpaired) electrons. The molecule has 0 spiro atoms. The Morgan fingerprint density at radius 3 is 2.26 bits per heavy atom. The molecule has 0 saturated carbocycles. The Morgan fingerprint density at radius 1 is 1.00 bits per heavy atom. The average Bonchev–Trinajstić information content (AvgIpc) is 3.51. The van der Waals surface area contributed by atoms with Gasteiger partial charge in [-0.05, 0) is 38.1 Å². The number of esters is 2. The molecule has 194 valence electrons. The van der Waals surface area contributed by atoms with Crippen molar-refractivity contribution in [2.24, 2.45) is 0 Å². The summed E-state index contributed by atoms with van der Waals surface area (Å²) in [4.78, 5) is 44.8. The van der Waals surface area contributed by atoms with E-state index in [0.717, 1.165) is 11.1 Å². The molecule has 0 amide bonds. The number of rotatable bonds is 7. The third-order valence-electron chi connectivity index (χ3n) is 6.34. The number of aryl methyl sites for hydroxylation is 2. The van der Waals surface area contributed by atoms with Gasteiger partial charge in [-0.15, -0.1) is 0 Å². The van der Waals surface area contributed by atoms with Gasteiger partial charge >= 0.3 is 11.9 Å². The van der Waals surface area contributed by atoms with Gasteiger partial charge < -0.3 is 14.2 Å². The minimum atomic E-state index is -0.792. The van der Waals surface area contributed by atoms with Crippen LogP contribution in [0, 0.1) is 24.0 Å². The number of hydrogen-bond acceptors (Lipinski definition) is 9. The quantitative estimate of drug-likeness (QED) is 0.200. The summed E-state index contributed by atoms with van der Waals surface area (Å²) in [7, 11) is 0. The molecule has 38 heavy (non-hydrogen) atoms. The van der Waals surface area contributed by atoms with E-state index < -0.39 is 35.3 Å². The van der Waals surface area contributed by atoms with Crippen LogP contribution in [0.2, 0.25) is 0 Å². The van der Waals surface area contributed by atoms with Crippen molar-refractivity contribution in [1.29, 1.82) is 0 Å². The van der Waals surface area contributed by atoms with Gasteiger partial charge in [0.15, 0.2) is 11.2 Å². The van der Waals surface area contributed by atoms with E-state index in [-0.39, 0.29) is 29.9 Å². The molecule has 3 heterocycles. The molecule has 0 aliphatic carbocycles. The molecule has 1 aliphatic rings. The van der Waals surface area contributed by atoms with Crippen LogP contribution in [0.3, 0.4) is 0 Å². The van der Waals surface area contributed by atoms with E-state index in [0.29, 0.717) is 11.1 Å². The van der Waals surface area contributed by atoms with Crippen molar-refractivity contribution in [1.82, 2.24) is 14.5 Å². The smallest absolute Gasteiger partial charge is 0.338 e. The van der Waals surface area contributed by atoms with Gasteiger partial charge in [-0.1, -0.05) is 35.4 Å². The fraction of sp³-hybridized carbons (Fsp3) is 0.259. The van der Waals surface area contributed by atoms with E-state index in [2.05, 4.69) is 9.97 Å². The predicted octanol–water partition coefficient (Wildman–Crippen LogP) is 4.33. The van der Waals surface area contributed by atoms with Gasteiger partial charge in [0.2, 0.25) is 0 Å². The van der Waals surface area contributed by atoms with Crippen molar-refractivity contribution < 1.29 is 28.7 Å². The van der Waals surface area contributed by atoms with Crippen LogP contribution in [0.4, 0.5) is 5.69 Å². The minimum Gasteiger partial charge on any atom is -0.459 e. The van der Waals surface area contributed by atoms with Crippen LogP contribution in [0.5, 0.6) is 0 Å². The molecule has 1 aliphatic heterocycles. The van der Waals surface area contributed by atoms with Crippen LogP contribution in [-0.4, -0.2) is 50.2 Å². The Labute approximate surface area is 217 Å². The lowest BCUT2D eigenvalue weighted by Gasteiger charge is -2.19. The van der Waals surface area contributed by atoms with E-state index in [4.69, 9.17) is 14.2 Å². The molecule has 1 fully saturated rings. The number of nitrogens with zero attached hydrogens (tertiary/aromatic N) is 4. The summed E-state index contributed by atoms with van der Waals surface area (Å²) in [6.45, 7) is 3.66. The van der Waals surface area contributed by atoms with Crippen molar-refractivity contribution in [2.75, 3.05) is 6.61 Å². The van der Waals surface area contributed by atoms with Crippen LogP contribution >= 0.6 is 0 Å². The van der Waals surface area contributed by atoms with Gasteiger partial charge in [-0.3, -0.25) is 14.7 Å². The molecular formula is C27H24N4O7. The zero-order valence-corrected chi connectivity index (χ0v) is 20.6. The second-order valence-corrected chi connectivity index (χ2v) is 9.05. The standard InChI is InChI=1S/C27H24N4O7/c1-16-3-7-18(8-4-16)26(32)36-14-22-21(38-27(33)19-9-5-17(2)6-10-19)13-23(37-22)30-15-29-24-20(31(34)35)11-12-28-25(24)30/h3-12,15,21-23H,13-14H2,1-2H3/t21-,22+,23+/m0/s1. The number of nitro groups is 1. The number of imidazole rings is 1. The fourth-order valence-electron chi connectivity index (χ4n) is 4.25. The monoisotopic (exact) mass is 516 g/mol. The van der Waals surface area contributed by atoms with Gasteiger partial charge in [0.25, 0.3) is 5.69 Å². The molecule has 0 N–H and O–H groups in total. The summed E-state index contributed by atoms with van der Waals surface area (Å²) in [5.41, 5.74) is 2.95. The van der Waals surface area contributed by atoms with Crippen LogP contribution in [-0.2, 0) is 14.2 Å². The van der Waals surface area contributed by atoms with Crippen molar-refractivity contribution in [3.63, 3.8) is 0 Å². The van der Waals surface area contributed by atoms with E-state index in [9.17, 15) is 19.7 Å². The zero-order chi connectivity index (χ0) is 26.8. The van der Waals surface area contributed by atoms with E-state index >= 15 is 0 Å². The number of carbonyl (C=O) groups excluding carboxylic acids is 2. The van der Waals surface area contributed by atoms with Gasteiger partial charge in [0.1, 0.15) is 25.0 Å². The first-order valence-corrected chi connectivity index (χ1v) is 11.9. The Hall–Kier alpha value is -4.64. The van der Waals surface area contributed by atoms with Gasteiger partial charge in [-0.25, -0.2) is 19.6 Å². The molecule has 2 aromatic heterocycles. The SMILES string of the molecule is Cc1ccc(C(=O)OC[C@H]2O[C@@H](n3cnc4c([N+](=O)[O-])ccnc43)C[C@@H]2OC(=O)c2ccc(C)cc2)cc1. The van der Waals surface area contributed by atoms with Crippen LogP contribution < -0.4 is 0 Å². The molecule has 11 heteroatoms. The number of fused-ring (bicyclic) bond motifs is 1. The first-order chi connectivity index (χ1) is 18.3. The summed E-state index contributed by atoms with van der Waals surface area (Å²) in [6.07, 6.45) is 0.641. The molecule has 11 nitrogen and oxygen atoms in total. The number of carbonyl (C=O) groups is 2. The van der Waals surface area contributed by atoms with E-state index in [1.807, 2.05) is 26.0 Å². The normalized spacial score (nSPS) is 18.8. The maximum absolute atomic E-state index is 12.9. The van der Waals surface area contributed by atoms with E-state index in [1.54, 1.807) is 41.0 Å². The molecule has 0 bridgehead atoms. The largest absolute Gasteiger partial charge is 0.459 e. The predicted molar refractivity (Wildman–Crippen MR) is 135 cm³/mol. The highest BCUT2D eigenvalue weighted by atomic mass is 16.6. The summed E-state index contributed by atoms with van der Waals surface area (Å²) >= 11 is 0. The van der Waals surface area contributed by atoms with E-state index in [1.165, 1.54) is 18.6 Å². The zero-order valence-electron chi connectivity index (χ0n) is 20.6. The molecule has 5 rings (SSSR count). The average molecular weight is 517 g/mol. The maximum Gasteiger partial charge on any atom is 0.338 e. The number of ether oxygens (including phenoxy) is 3. The summed E-state index contributed by atoms with van der Waals surface area (Å²) in [6, 6.07) is 15.2. The van der Waals surface area contributed by atoms with Crippen molar-refractivity contribution in [3.05, 3.63) is 99.5 Å². The summed E-state index contributed by atoms with van der Waals surface area (Å²) in [5.74, 6) is -1.08. The topological polar surface area (TPSA) is 136 Å². The minimum absolute atomic E-state index is 0.114. The summed E-state index contributed by atoms with van der Waals surface area (Å²) in [5, 5.41) is 11.4. The molecular weight excluding hydrogens is 492 g/mol. The van der Waals surface area contributed by atoms with Crippen LogP contribution in [0.1, 0.15) is 44.5 Å². The highest BCUT2D eigenvalue weighted by molar-refractivity contribution is 5.90. The lowest BCUT2D eigenvalue weighted by atomic mass is 10.1. The number of benzene rings is 2. The molecule has 0 unspecified atom stereocenters. The van der Waals surface area contributed by atoms with Gasteiger partial charge in [0, 0.05) is 18.7 Å². The highest BCUT2D eigenvalue weighted by Gasteiger charge is 2.41. The molecule has 4 aromatic rings. The Balaban J connectivity index is 1.38. The first kappa shape index (κ1) is 25.0. The van der Waals surface area contributed by atoms with Crippen LogP contribution in [0.15, 0.2) is 67.1 Å². The Bertz CT molecular complexity index is 1500. The Kier molecular flexibility index (Phi) is 6.84. The maximum atomic E-state index is 12.9. The fourth-order valence-corrected chi connectivity index (χ4v) is 4.25. The third-order valence-corrected chi connectivity index (χ3v) is 6.34. The van der Waals surface area contributed by atoms with Gasteiger partial charge in [0.05, 0.1) is 22.4 Å². The molecule has 1 saturated heterocycles. The van der Waals surface area contributed by atoms with Crippen LogP contribution in [0.25, 0.3) is 11.2 Å². The lowest BCUT2D eigenvalue weighted by molar-refractivity contribution is -0.383.